The molecule has 228 valence electrons. The molecule has 3 aromatic rings. The van der Waals surface area contributed by atoms with E-state index in [2.05, 4.69) is 13.0 Å². The SMILES string of the molecule is CCC=COc1ccc(-c2ccc(-c3ccc(C4=CCC(C5CCC(CCCCC)CC5)CC4)c(F)c3)cc2)c(F)c1F. The van der Waals surface area contributed by atoms with Crippen LogP contribution in [0.2, 0.25) is 0 Å². The molecule has 2 aliphatic carbocycles. The van der Waals surface area contributed by atoms with Gasteiger partial charge in [-0.2, -0.15) is 4.39 Å². The van der Waals surface area contributed by atoms with E-state index in [0.29, 0.717) is 11.1 Å². The standard InChI is InChI=1S/C39H45F3O/c1-3-5-7-8-27-9-11-28(12-10-27)29-13-17-31(18-14-29)34-22-21-33(26-36(34)40)30-15-19-32(20-16-30)35-23-24-37(39(42)38(35)41)43-25-6-4-2/h6,15-17,19-29H,3-5,7-14,18H2,1-2H3. The molecule has 4 heteroatoms. The fraction of sp³-hybridized carbons (Fsp3) is 0.436. The summed E-state index contributed by atoms with van der Waals surface area (Å²) in [5, 5.41) is 0. The molecule has 0 saturated heterocycles. The maximum Gasteiger partial charge on any atom is 0.201 e. The summed E-state index contributed by atoms with van der Waals surface area (Å²) in [6.07, 6.45) is 20.2. The number of hydrogen-bond donors (Lipinski definition) is 0. The highest BCUT2D eigenvalue weighted by atomic mass is 19.2. The summed E-state index contributed by atoms with van der Waals surface area (Å²) in [5.41, 5.74) is 4.10. The molecule has 1 saturated carbocycles. The van der Waals surface area contributed by atoms with Crippen LogP contribution in [0.15, 0.2) is 73.0 Å². The molecule has 0 N–H and O–H groups in total. The third kappa shape index (κ3) is 7.63. The smallest absolute Gasteiger partial charge is 0.201 e. The van der Waals surface area contributed by atoms with Crippen molar-refractivity contribution in [3.8, 4) is 28.0 Å². The quantitative estimate of drug-likeness (QED) is 0.160. The van der Waals surface area contributed by atoms with Gasteiger partial charge in [0.2, 0.25) is 5.82 Å². The van der Waals surface area contributed by atoms with Crippen LogP contribution >= 0.6 is 0 Å². The zero-order chi connectivity index (χ0) is 30.2. The van der Waals surface area contributed by atoms with E-state index in [1.54, 1.807) is 24.3 Å². The molecule has 0 radical (unpaired) electrons. The van der Waals surface area contributed by atoms with Gasteiger partial charge in [0.15, 0.2) is 11.6 Å². The zero-order valence-electron chi connectivity index (χ0n) is 25.7. The average molecular weight is 587 g/mol. The number of unbranched alkanes of at least 4 members (excludes halogenated alkanes) is 2. The van der Waals surface area contributed by atoms with Crippen LogP contribution in [0.5, 0.6) is 5.75 Å². The van der Waals surface area contributed by atoms with Gasteiger partial charge in [-0.1, -0.05) is 94.8 Å². The van der Waals surface area contributed by atoms with Gasteiger partial charge in [-0.15, -0.1) is 0 Å². The lowest BCUT2D eigenvalue weighted by Gasteiger charge is -2.35. The Bertz CT molecular complexity index is 1410. The molecule has 3 aromatic carbocycles. The summed E-state index contributed by atoms with van der Waals surface area (Å²) in [6, 6.07) is 15.5. The van der Waals surface area contributed by atoms with Gasteiger partial charge in [0.1, 0.15) is 5.82 Å². The average Bonchev–Trinajstić information content (AvgIpc) is 3.04. The molecule has 43 heavy (non-hydrogen) atoms. The van der Waals surface area contributed by atoms with Gasteiger partial charge in [0, 0.05) is 11.1 Å². The number of ether oxygens (including phenoxy) is 1. The Labute approximate surface area is 255 Å². The van der Waals surface area contributed by atoms with E-state index >= 15 is 4.39 Å². The molecular weight excluding hydrogens is 541 g/mol. The molecule has 1 atom stereocenters. The fourth-order valence-corrected chi connectivity index (χ4v) is 7.02. The molecule has 0 heterocycles. The Morgan fingerprint density at radius 3 is 2.14 bits per heavy atom. The highest BCUT2D eigenvalue weighted by molar-refractivity contribution is 5.74. The second-order valence-electron chi connectivity index (χ2n) is 12.4. The van der Waals surface area contributed by atoms with Crippen molar-refractivity contribution in [3.05, 3.63) is 96.0 Å². The first kappa shape index (κ1) is 31.2. The summed E-state index contributed by atoms with van der Waals surface area (Å²) < 4.78 is 50.0. The lowest BCUT2D eigenvalue weighted by atomic mass is 9.70. The Balaban J connectivity index is 1.20. The first-order chi connectivity index (χ1) is 21.0. The Kier molecular flexibility index (Phi) is 10.8. The molecule has 0 amide bonds. The molecule has 0 bridgehead atoms. The van der Waals surface area contributed by atoms with E-state index in [4.69, 9.17) is 4.74 Å². The van der Waals surface area contributed by atoms with Crippen molar-refractivity contribution >= 4 is 5.57 Å². The molecule has 0 spiro atoms. The lowest BCUT2D eigenvalue weighted by molar-refractivity contribution is 0.187. The van der Waals surface area contributed by atoms with Gasteiger partial charge in [-0.3, -0.25) is 0 Å². The topological polar surface area (TPSA) is 9.23 Å². The van der Waals surface area contributed by atoms with Gasteiger partial charge in [-0.25, -0.2) is 8.78 Å². The zero-order valence-corrected chi connectivity index (χ0v) is 25.7. The van der Waals surface area contributed by atoms with Crippen LogP contribution in [-0.4, -0.2) is 0 Å². The molecule has 0 aromatic heterocycles. The predicted octanol–water partition coefficient (Wildman–Crippen LogP) is 12.3. The monoisotopic (exact) mass is 586 g/mol. The Morgan fingerprint density at radius 1 is 0.744 bits per heavy atom. The summed E-state index contributed by atoms with van der Waals surface area (Å²) in [6.45, 7) is 4.20. The van der Waals surface area contributed by atoms with Crippen molar-refractivity contribution < 1.29 is 17.9 Å². The molecule has 1 fully saturated rings. The Hall–Kier alpha value is -3.27. The molecule has 5 rings (SSSR count). The van der Waals surface area contributed by atoms with E-state index in [1.807, 2.05) is 31.2 Å². The van der Waals surface area contributed by atoms with Crippen molar-refractivity contribution in [2.75, 3.05) is 0 Å². The van der Waals surface area contributed by atoms with Gasteiger partial charge in [0.25, 0.3) is 0 Å². The van der Waals surface area contributed by atoms with Crippen molar-refractivity contribution in [2.24, 2.45) is 17.8 Å². The van der Waals surface area contributed by atoms with Crippen LogP contribution in [0.3, 0.4) is 0 Å². The van der Waals surface area contributed by atoms with Gasteiger partial charge in [0.05, 0.1) is 6.26 Å². The van der Waals surface area contributed by atoms with Crippen LogP contribution in [0.1, 0.15) is 96.5 Å². The first-order valence-corrected chi connectivity index (χ1v) is 16.4. The largest absolute Gasteiger partial charge is 0.462 e. The summed E-state index contributed by atoms with van der Waals surface area (Å²) in [7, 11) is 0. The van der Waals surface area contributed by atoms with Crippen LogP contribution < -0.4 is 4.74 Å². The molecule has 2 aliphatic rings. The minimum atomic E-state index is -1.02. The summed E-state index contributed by atoms with van der Waals surface area (Å²) in [4.78, 5) is 0. The molecule has 1 unspecified atom stereocenters. The Morgan fingerprint density at radius 2 is 1.47 bits per heavy atom. The van der Waals surface area contributed by atoms with E-state index < -0.39 is 11.6 Å². The van der Waals surface area contributed by atoms with E-state index in [1.165, 1.54) is 69.8 Å². The molecule has 0 aliphatic heterocycles. The highest BCUT2D eigenvalue weighted by Gasteiger charge is 2.29. The third-order valence-corrected chi connectivity index (χ3v) is 9.64. The van der Waals surface area contributed by atoms with E-state index in [-0.39, 0.29) is 17.1 Å². The van der Waals surface area contributed by atoms with Crippen LogP contribution in [0, 0.1) is 35.2 Å². The van der Waals surface area contributed by atoms with Crippen molar-refractivity contribution in [2.45, 2.75) is 90.9 Å². The summed E-state index contributed by atoms with van der Waals surface area (Å²) >= 11 is 0. The number of allylic oxidation sites excluding steroid dienone is 3. The van der Waals surface area contributed by atoms with Crippen molar-refractivity contribution in [1.29, 1.82) is 0 Å². The molecule has 1 nitrogen and oxygen atoms in total. The predicted molar refractivity (Wildman–Crippen MR) is 172 cm³/mol. The number of benzene rings is 3. The van der Waals surface area contributed by atoms with Gasteiger partial charge >= 0.3 is 0 Å². The van der Waals surface area contributed by atoms with Gasteiger partial charge in [-0.05, 0) is 103 Å². The fourth-order valence-electron chi connectivity index (χ4n) is 7.02. The maximum atomic E-state index is 15.4. The minimum absolute atomic E-state index is 0.151. The van der Waals surface area contributed by atoms with E-state index in [9.17, 15) is 8.78 Å². The normalized spacial score (nSPS) is 20.8. The minimum Gasteiger partial charge on any atom is -0.462 e. The van der Waals surface area contributed by atoms with Crippen LogP contribution in [-0.2, 0) is 0 Å². The van der Waals surface area contributed by atoms with E-state index in [0.717, 1.165) is 60.1 Å². The number of hydrogen-bond acceptors (Lipinski definition) is 1. The second-order valence-corrected chi connectivity index (χ2v) is 12.4. The lowest BCUT2D eigenvalue weighted by Crippen LogP contribution is -2.23. The van der Waals surface area contributed by atoms with Crippen molar-refractivity contribution in [1.82, 2.24) is 0 Å². The molecular formula is C39H45F3O. The second kappa shape index (κ2) is 14.9. The maximum absolute atomic E-state index is 15.4. The first-order valence-electron chi connectivity index (χ1n) is 16.4. The number of halogens is 3. The number of rotatable bonds is 11. The van der Waals surface area contributed by atoms with Crippen molar-refractivity contribution in [3.63, 3.8) is 0 Å². The third-order valence-electron chi connectivity index (χ3n) is 9.64. The highest BCUT2D eigenvalue weighted by Crippen LogP contribution is 2.43. The summed E-state index contributed by atoms with van der Waals surface area (Å²) in [5.74, 6) is 0.166. The van der Waals surface area contributed by atoms with Gasteiger partial charge < -0.3 is 4.74 Å². The van der Waals surface area contributed by atoms with Crippen LogP contribution in [0.4, 0.5) is 13.2 Å². The van der Waals surface area contributed by atoms with Crippen LogP contribution in [0.25, 0.3) is 27.8 Å².